The van der Waals surface area contributed by atoms with Crippen molar-refractivity contribution in [3.05, 3.63) is 84.3 Å². The van der Waals surface area contributed by atoms with Gasteiger partial charge in [-0.1, -0.05) is 23.8 Å². The summed E-state index contributed by atoms with van der Waals surface area (Å²) in [6, 6.07) is 15.1. The van der Waals surface area contributed by atoms with Crippen molar-refractivity contribution in [2.24, 2.45) is 0 Å². The van der Waals surface area contributed by atoms with Crippen LogP contribution >= 0.6 is 0 Å². The third kappa shape index (κ3) is 5.61. The van der Waals surface area contributed by atoms with E-state index in [1.165, 1.54) is 12.3 Å². The van der Waals surface area contributed by atoms with Crippen molar-refractivity contribution in [1.29, 1.82) is 0 Å². The van der Waals surface area contributed by atoms with E-state index in [0.29, 0.717) is 5.69 Å². The third-order valence-electron chi connectivity index (χ3n) is 2.59. The predicted octanol–water partition coefficient (Wildman–Crippen LogP) is 3.40. The number of hydrogen-bond donors (Lipinski definition) is 1. The molecule has 0 radical (unpaired) electrons. The standard InChI is InChI=1S/C11H6F2N.C6H4NO2.Ir/c12-8-4-5-9(10(13)7-8)11-3-1-2-6-14-11;8-6(9)5-3-1-2-4-7-5;/h1-4,6-7H;1-2,4H,(H,8,9);/q2*-1;+3. The smallest absolute Gasteiger partial charge is 0.533 e. The average molecular weight is 504 g/mol. The zero-order valence-electron chi connectivity index (χ0n) is 12.0. The summed E-state index contributed by atoms with van der Waals surface area (Å²) in [7, 11) is 0. The Bertz CT molecular complexity index is 787. The van der Waals surface area contributed by atoms with Crippen LogP contribution in [0.25, 0.3) is 11.3 Å². The minimum absolute atomic E-state index is 0. The Morgan fingerprint density at radius 1 is 1.08 bits per heavy atom. The summed E-state index contributed by atoms with van der Waals surface area (Å²) in [4.78, 5) is 17.6. The van der Waals surface area contributed by atoms with Gasteiger partial charge < -0.3 is 14.9 Å². The van der Waals surface area contributed by atoms with Crippen LogP contribution in [0.4, 0.5) is 8.78 Å². The number of benzene rings is 1. The van der Waals surface area contributed by atoms with Crippen LogP contribution in [0.1, 0.15) is 10.5 Å². The summed E-state index contributed by atoms with van der Waals surface area (Å²) >= 11 is 0. The van der Waals surface area contributed by atoms with Crippen LogP contribution in [-0.2, 0) is 20.1 Å². The molecule has 3 aromatic rings. The molecule has 0 unspecified atom stereocenters. The summed E-state index contributed by atoms with van der Waals surface area (Å²) in [5.74, 6) is -2.33. The Labute approximate surface area is 150 Å². The van der Waals surface area contributed by atoms with Gasteiger partial charge >= 0.3 is 20.1 Å². The molecule has 0 saturated heterocycles. The van der Waals surface area contributed by atoms with E-state index < -0.39 is 17.6 Å². The second-order valence-corrected chi connectivity index (χ2v) is 4.19. The zero-order valence-corrected chi connectivity index (χ0v) is 14.4. The molecule has 3 rings (SSSR count). The van der Waals surface area contributed by atoms with Crippen molar-refractivity contribution in [2.75, 3.05) is 0 Å². The van der Waals surface area contributed by atoms with Gasteiger partial charge in [-0.3, -0.25) is 13.8 Å². The SMILES string of the molecule is Fc1c[c-]c(-c2ccccn2)c(F)c1.O=C(O)c1[c-]cccn1.[Ir+3]. The van der Waals surface area contributed by atoms with Crippen molar-refractivity contribution in [1.82, 2.24) is 9.97 Å². The van der Waals surface area contributed by atoms with E-state index >= 15 is 0 Å². The number of halogens is 2. The number of pyridine rings is 2. The first-order valence-electron chi connectivity index (χ1n) is 6.42. The summed E-state index contributed by atoms with van der Waals surface area (Å²) in [6.45, 7) is 0. The van der Waals surface area contributed by atoms with Gasteiger partial charge in [-0.15, -0.1) is 24.3 Å². The van der Waals surface area contributed by atoms with Crippen LogP contribution in [0.5, 0.6) is 0 Å². The van der Waals surface area contributed by atoms with E-state index in [9.17, 15) is 13.6 Å². The zero-order chi connectivity index (χ0) is 16.7. The largest absolute Gasteiger partial charge is 3.00 e. The fourth-order valence-corrected chi connectivity index (χ4v) is 1.59. The molecule has 4 nitrogen and oxygen atoms in total. The molecule has 2 aromatic heterocycles. The van der Waals surface area contributed by atoms with Crippen LogP contribution in [0.3, 0.4) is 0 Å². The van der Waals surface area contributed by atoms with E-state index in [0.717, 1.165) is 12.1 Å². The fourth-order valence-electron chi connectivity index (χ4n) is 1.59. The molecule has 0 amide bonds. The Morgan fingerprint density at radius 2 is 1.83 bits per heavy atom. The van der Waals surface area contributed by atoms with E-state index in [1.807, 2.05) is 0 Å². The monoisotopic (exact) mass is 505 g/mol. The number of aromatic carboxylic acids is 1. The normalized spacial score (nSPS) is 9.25. The van der Waals surface area contributed by atoms with Gasteiger partial charge in [0.05, 0.1) is 0 Å². The first-order chi connectivity index (χ1) is 11.1. The molecule has 0 atom stereocenters. The molecule has 0 aliphatic rings. The fraction of sp³-hybridized carbons (Fsp3) is 0. The molecule has 7 heteroatoms. The summed E-state index contributed by atoms with van der Waals surface area (Å²) in [6.07, 6.45) is 2.96. The summed E-state index contributed by atoms with van der Waals surface area (Å²) in [5, 5.41) is 8.29. The van der Waals surface area contributed by atoms with Gasteiger partial charge in [-0.05, 0) is 18.0 Å². The van der Waals surface area contributed by atoms with Gasteiger partial charge in [0.15, 0.2) is 0 Å². The Balaban J connectivity index is 0.000000252. The van der Waals surface area contributed by atoms with Crippen molar-refractivity contribution in [3.63, 3.8) is 0 Å². The number of hydrogen-bond acceptors (Lipinski definition) is 3. The topological polar surface area (TPSA) is 63.1 Å². The van der Waals surface area contributed by atoms with Crippen molar-refractivity contribution in [3.8, 4) is 11.3 Å². The molecule has 1 N–H and O–H groups in total. The maximum Gasteiger partial charge on any atom is 3.00 e. The molecule has 0 spiro atoms. The second-order valence-electron chi connectivity index (χ2n) is 4.19. The maximum atomic E-state index is 13.2. The van der Waals surface area contributed by atoms with Gasteiger partial charge in [0.25, 0.3) is 0 Å². The van der Waals surface area contributed by atoms with E-state index in [1.54, 1.807) is 30.5 Å². The number of nitrogens with zero attached hydrogens (tertiary/aromatic N) is 2. The van der Waals surface area contributed by atoms with Crippen LogP contribution in [-0.4, -0.2) is 21.0 Å². The second kappa shape index (κ2) is 9.60. The first kappa shape index (κ1) is 19.5. The van der Waals surface area contributed by atoms with Gasteiger partial charge in [-0.25, -0.2) is 0 Å². The van der Waals surface area contributed by atoms with E-state index in [2.05, 4.69) is 22.1 Å². The molecule has 0 aliphatic heterocycles. The van der Waals surface area contributed by atoms with Crippen molar-refractivity contribution in [2.45, 2.75) is 0 Å². The van der Waals surface area contributed by atoms with Crippen LogP contribution in [0.2, 0.25) is 0 Å². The minimum atomic E-state index is -1.05. The first-order valence-corrected chi connectivity index (χ1v) is 6.42. The Hall–Kier alpha value is -2.50. The summed E-state index contributed by atoms with van der Waals surface area (Å²) in [5.41, 5.74) is 0.592. The number of aromatic nitrogens is 2. The molecule has 1 aromatic carbocycles. The molecular weight excluding hydrogens is 494 g/mol. The Kier molecular flexibility index (Phi) is 7.82. The quantitative estimate of drug-likeness (QED) is 0.544. The molecule has 24 heavy (non-hydrogen) atoms. The van der Waals surface area contributed by atoms with Crippen LogP contribution in [0, 0.1) is 23.8 Å². The number of carbonyl (C=O) groups is 1. The number of rotatable bonds is 2. The molecule has 2 heterocycles. The van der Waals surface area contributed by atoms with Gasteiger partial charge in [0.2, 0.25) is 5.97 Å². The molecule has 0 fully saturated rings. The molecule has 122 valence electrons. The number of carboxylic acid groups (broad SMARTS) is 1. The third-order valence-corrected chi connectivity index (χ3v) is 2.59. The molecular formula is C17H10F2IrN2O2+. The molecule has 0 bridgehead atoms. The Morgan fingerprint density at radius 3 is 2.33 bits per heavy atom. The minimum Gasteiger partial charge on any atom is -0.533 e. The maximum absolute atomic E-state index is 13.2. The predicted molar refractivity (Wildman–Crippen MR) is 78.5 cm³/mol. The average Bonchev–Trinajstić information content (AvgIpc) is 2.57. The molecule has 0 saturated carbocycles. The van der Waals surface area contributed by atoms with Gasteiger partial charge in [0, 0.05) is 23.5 Å². The molecule has 0 aliphatic carbocycles. The van der Waals surface area contributed by atoms with Gasteiger partial charge in [0.1, 0.15) is 0 Å². The van der Waals surface area contributed by atoms with Crippen LogP contribution in [0.15, 0.2) is 54.9 Å². The van der Waals surface area contributed by atoms with Crippen molar-refractivity contribution >= 4 is 5.97 Å². The van der Waals surface area contributed by atoms with E-state index in [4.69, 9.17) is 5.11 Å². The van der Waals surface area contributed by atoms with Gasteiger partial charge in [-0.2, -0.15) is 6.07 Å². The summed E-state index contributed by atoms with van der Waals surface area (Å²) < 4.78 is 25.8. The number of carboxylic acids is 1. The van der Waals surface area contributed by atoms with E-state index in [-0.39, 0.29) is 31.4 Å². The van der Waals surface area contributed by atoms with Crippen molar-refractivity contribution < 1.29 is 38.8 Å². The van der Waals surface area contributed by atoms with Crippen LogP contribution < -0.4 is 0 Å².